The van der Waals surface area contributed by atoms with E-state index in [9.17, 15) is 0 Å². The summed E-state index contributed by atoms with van der Waals surface area (Å²) in [6.07, 6.45) is 0. The van der Waals surface area contributed by atoms with Gasteiger partial charge >= 0.3 is 0 Å². The molecule has 0 aliphatic heterocycles. The van der Waals surface area contributed by atoms with Gasteiger partial charge < -0.3 is 10.2 Å². The molecule has 0 aliphatic rings. The van der Waals surface area contributed by atoms with Gasteiger partial charge in [0.1, 0.15) is 0 Å². The minimum atomic E-state index is 0.908. The smallest absolute Gasteiger partial charge is 0.0496 e. The lowest BCUT2D eigenvalue weighted by Gasteiger charge is -2.16. The van der Waals surface area contributed by atoms with E-state index in [0.29, 0.717) is 0 Å². The van der Waals surface area contributed by atoms with E-state index in [-0.39, 0.29) is 0 Å². The largest absolute Gasteiger partial charge is 0.380 e. The van der Waals surface area contributed by atoms with E-state index >= 15 is 0 Å². The summed E-state index contributed by atoms with van der Waals surface area (Å²) in [7, 11) is 4.13. The summed E-state index contributed by atoms with van der Waals surface area (Å²) < 4.78 is 0. The van der Waals surface area contributed by atoms with Gasteiger partial charge in [-0.15, -0.1) is 11.3 Å². The topological polar surface area (TPSA) is 15.3 Å². The van der Waals surface area contributed by atoms with E-state index in [0.717, 1.165) is 6.54 Å². The molecule has 1 aromatic heterocycles. The Morgan fingerprint density at radius 2 is 1.89 bits per heavy atom. The van der Waals surface area contributed by atoms with Gasteiger partial charge in [0.2, 0.25) is 0 Å². The molecule has 2 rings (SSSR count). The molecule has 2 nitrogen and oxygen atoms in total. The Balaban J connectivity index is 2.08. The van der Waals surface area contributed by atoms with Crippen LogP contribution in [0.4, 0.5) is 11.4 Å². The third-order valence-electron chi connectivity index (χ3n) is 3.13. The van der Waals surface area contributed by atoms with Crippen molar-refractivity contribution in [1.29, 1.82) is 0 Å². The quantitative estimate of drug-likeness (QED) is 0.892. The fraction of sp³-hybridized carbons (Fsp3) is 0.333. The Bertz CT molecular complexity index is 529. The van der Waals surface area contributed by atoms with Crippen molar-refractivity contribution in [3.63, 3.8) is 0 Å². The van der Waals surface area contributed by atoms with Gasteiger partial charge in [0.25, 0.3) is 0 Å². The van der Waals surface area contributed by atoms with Crippen molar-refractivity contribution in [3.8, 4) is 0 Å². The van der Waals surface area contributed by atoms with Crippen LogP contribution in [0.3, 0.4) is 0 Å². The zero-order valence-corrected chi connectivity index (χ0v) is 12.3. The average Bonchev–Trinajstić information content (AvgIpc) is 2.73. The molecule has 96 valence electrons. The fourth-order valence-corrected chi connectivity index (χ4v) is 2.73. The Labute approximate surface area is 113 Å². The first-order valence-corrected chi connectivity index (χ1v) is 7.00. The minimum absolute atomic E-state index is 0.908. The zero-order valence-electron chi connectivity index (χ0n) is 11.4. The maximum absolute atomic E-state index is 3.51. The molecule has 18 heavy (non-hydrogen) atoms. The number of thiophene rings is 1. The molecule has 0 unspecified atom stereocenters. The first-order chi connectivity index (χ1) is 8.58. The highest BCUT2D eigenvalue weighted by Crippen LogP contribution is 2.23. The van der Waals surface area contributed by atoms with Crippen LogP contribution in [0, 0.1) is 13.8 Å². The highest BCUT2D eigenvalue weighted by molar-refractivity contribution is 7.10. The van der Waals surface area contributed by atoms with Crippen molar-refractivity contribution >= 4 is 22.7 Å². The Hall–Kier alpha value is -1.48. The lowest BCUT2D eigenvalue weighted by molar-refractivity contribution is 1.12. The van der Waals surface area contributed by atoms with Gasteiger partial charge in [-0.3, -0.25) is 0 Å². The molecule has 0 atom stereocenters. The van der Waals surface area contributed by atoms with E-state index in [1.54, 1.807) is 0 Å². The van der Waals surface area contributed by atoms with Crippen LogP contribution in [0.5, 0.6) is 0 Å². The summed E-state index contributed by atoms with van der Waals surface area (Å²) in [6, 6.07) is 8.69. The third-order valence-corrected chi connectivity index (χ3v) is 4.16. The monoisotopic (exact) mass is 260 g/mol. The number of aryl methyl sites for hydroxylation is 2. The molecule has 1 aromatic carbocycles. The second kappa shape index (κ2) is 5.44. The van der Waals surface area contributed by atoms with Crippen molar-refractivity contribution in [1.82, 2.24) is 0 Å². The van der Waals surface area contributed by atoms with Crippen LogP contribution >= 0.6 is 11.3 Å². The standard InChI is InChI=1S/C15H20N2S/c1-11-7-8-18-15(11)10-16-14-6-5-13(17(3)4)9-12(14)2/h5-9,16H,10H2,1-4H3. The lowest BCUT2D eigenvalue weighted by atomic mass is 10.1. The third kappa shape index (κ3) is 2.85. The minimum Gasteiger partial charge on any atom is -0.380 e. The van der Waals surface area contributed by atoms with Gasteiger partial charge in [0, 0.05) is 36.9 Å². The lowest BCUT2D eigenvalue weighted by Crippen LogP contribution is -2.09. The Kier molecular flexibility index (Phi) is 3.92. The fourth-order valence-electron chi connectivity index (χ4n) is 1.89. The molecular weight excluding hydrogens is 240 g/mol. The predicted molar refractivity (Wildman–Crippen MR) is 81.9 cm³/mol. The summed E-state index contributed by atoms with van der Waals surface area (Å²) in [6.45, 7) is 5.22. The molecule has 0 aliphatic carbocycles. The second-order valence-corrected chi connectivity index (χ2v) is 5.77. The molecule has 1 heterocycles. The van der Waals surface area contributed by atoms with E-state index in [2.05, 4.69) is 67.8 Å². The molecule has 0 amide bonds. The zero-order chi connectivity index (χ0) is 13.1. The number of nitrogens with zero attached hydrogens (tertiary/aromatic N) is 1. The van der Waals surface area contributed by atoms with Crippen molar-refractivity contribution in [3.05, 3.63) is 45.6 Å². The Morgan fingerprint density at radius 1 is 1.11 bits per heavy atom. The second-order valence-electron chi connectivity index (χ2n) is 4.77. The van der Waals surface area contributed by atoms with Crippen molar-refractivity contribution < 1.29 is 0 Å². The summed E-state index contributed by atoms with van der Waals surface area (Å²) in [5.74, 6) is 0. The summed E-state index contributed by atoms with van der Waals surface area (Å²) in [5, 5.41) is 5.66. The molecule has 0 saturated heterocycles. The van der Waals surface area contributed by atoms with Gasteiger partial charge in [-0.2, -0.15) is 0 Å². The van der Waals surface area contributed by atoms with Crippen molar-refractivity contribution in [2.75, 3.05) is 24.3 Å². The molecule has 0 saturated carbocycles. The number of rotatable bonds is 4. The molecule has 3 heteroatoms. The van der Waals surface area contributed by atoms with Crippen LogP contribution in [0.2, 0.25) is 0 Å². The maximum atomic E-state index is 3.51. The van der Waals surface area contributed by atoms with Crippen molar-refractivity contribution in [2.24, 2.45) is 0 Å². The number of hydrogen-bond donors (Lipinski definition) is 1. The van der Waals surface area contributed by atoms with Crippen LogP contribution in [0.15, 0.2) is 29.6 Å². The number of nitrogens with one attached hydrogen (secondary N) is 1. The Morgan fingerprint density at radius 3 is 2.44 bits per heavy atom. The summed E-state index contributed by atoms with van der Waals surface area (Å²) in [4.78, 5) is 3.53. The molecule has 1 N–H and O–H groups in total. The van der Waals surface area contributed by atoms with Crippen LogP contribution in [0.1, 0.15) is 16.0 Å². The number of anilines is 2. The highest BCUT2D eigenvalue weighted by Gasteiger charge is 2.03. The first kappa shape index (κ1) is 13.0. The van der Waals surface area contributed by atoms with Gasteiger partial charge in [-0.1, -0.05) is 0 Å². The van der Waals surface area contributed by atoms with Crippen LogP contribution in [-0.4, -0.2) is 14.1 Å². The first-order valence-electron chi connectivity index (χ1n) is 6.13. The van der Waals surface area contributed by atoms with Crippen molar-refractivity contribution in [2.45, 2.75) is 20.4 Å². The van der Waals surface area contributed by atoms with Gasteiger partial charge in [-0.05, 0) is 54.6 Å². The molecule has 0 bridgehead atoms. The molecule has 0 spiro atoms. The summed E-state index contributed by atoms with van der Waals surface area (Å²) in [5.41, 5.74) is 5.12. The van der Waals surface area contributed by atoms with E-state index in [4.69, 9.17) is 0 Å². The van der Waals surface area contributed by atoms with Crippen LogP contribution < -0.4 is 10.2 Å². The highest BCUT2D eigenvalue weighted by atomic mass is 32.1. The normalized spacial score (nSPS) is 10.4. The molecular formula is C15H20N2S. The SMILES string of the molecule is Cc1cc(N(C)C)ccc1NCc1sccc1C. The van der Waals surface area contributed by atoms with Crippen LogP contribution in [0.25, 0.3) is 0 Å². The van der Waals surface area contributed by atoms with Gasteiger partial charge in [0.15, 0.2) is 0 Å². The molecule has 0 fully saturated rings. The average molecular weight is 260 g/mol. The van der Waals surface area contributed by atoms with E-state index < -0.39 is 0 Å². The number of benzene rings is 1. The molecule has 0 radical (unpaired) electrons. The molecule has 2 aromatic rings. The van der Waals surface area contributed by atoms with Gasteiger partial charge in [-0.25, -0.2) is 0 Å². The van der Waals surface area contributed by atoms with Gasteiger partial charge in [0.05, 0.1) is 0 Å². The van der Waals surface area contributed by atoms with E-state index in [1.165, 1.54) is 27.4 Å². The maximum Gasteiger partial charge on any atom is 0.0496 e. The van der Waals surface area contributed by atoms with Crippen LogP contribution in [-0.2, 0) is 6.54 Å². The predicted octanol–water partition coefficient (Wildman–Crippen LogP) is 4.04. The summed E-state index contributed by atoms with van der Waals surface area (Å²) >= 11 is 1.81. The van der Waals surface area contributed by atoms with E-state index in [1.807, 2.05) is 11.3 Å². The number of hydrogen-bond acceptors (Lipinski definition) is 3.